The van der Waals surface area contributed by atoms with E-state index >= 15 is 0 Å². The fourth-order valence-electron chi connectivity index (χ4n) is 3.14. The van der Waals surface area contributed by atoms with Gasteiger partial charge in [0.1, 0.15) is 5.75 Å². The molecule has 2 nitrogen and oxygen atoms in total. The Kier molecular flexibility index (Phi) is 4.91. The van der Waals surface area contributed by atoms with Gasteiger partial charge in [-0.3, -0.25) is 0 Å². The van der Waals surface area contributed by atoms with E-state index in [1.54, 1.807) is 0 Å². The molecule has 2 N–H and O–H groups in total. The highest BCUT2D eigenvalue weighted by molar-refractivity contribution is 9.10. The summed E-state index contributed by atoms with van der Waals surface area (Å²) in [5, 5.41) is 0. The third-order valence-electron chi connectivity index (χ3n) is 3.90. The molecular formula is C16H24BrNO. The highest BCUT2D eigenvalue weighted by atomic mass is 79.9. The van der Waals surface area contributed by atoms with E-state index < -0.39 is 0 Å². The Morgan fingerprint density at radius 3 is 2.42 bits per heavy atom. The van der Waals surface area contributed by atoms with Gasteiger partial charge in [-0.25, -0.2) is 0 Å². The third kappa shape index (κ3) is 3.96. The summed E-state index contributed by atoms with van der Waals surface area (Å²) in [6.07, 6.45) is 3.94. The van der Waals surface area contributed by atoms with Gasteiger partial charge in [0, 0.05) is 16.1 Å². The first-order valence-electron chi connectivity index (χ1n) is 7.17. The van der Waals surface area contributed by atoms with Crippen LogP contribution in [0.15, 0.2) is 22.7 Å². The number of nitrogens with two attached hydrogens (primary N) is 1. The van der Waals surface area contributed by atoms with Crippen molar-refractivity contribution in [2.24, 2.45) is 17.6 Å². The lowest BCUT2D eigenvalue weighted by Crippen LogP contribution is -2.29. The van der Waals surface area contributed by atoms with E-state index in [4.69, 9.17) is 10.5 Å². The first-order chi connectivity index (χ1) is 8.95. The van der Waals surface area contributed by atoms with Crippen LogP contribution >= 0.6 is 15.9 Å². The van der Waals surface area contributed by atoms with Gasteiger partial charge in [0.15, 0.2) is 0 Å². The summed E-state index contributed by atoms with van der Waals surface area (Å²) < 4.78 is 7.30. The van der Waals surface area contributed by atoms with Crippen LogP contribution in [0.4, 0.5) is 0 Å². The average molecular weight is 326 g/mol. The molecule has 0 amide bonds. The minimum Gasteiger partial charge on any atom is -0.490 e. The summed E-state index contributed by atoms with van der Waals surface area (Å²) in [6.45, 7) is 6.64. The van der Waals surface area contributed by atoms with Gasteiger partial charge in [-0.1, -0.05) is 35.8 Å². The molecule has 1 aliphatic carbocycles. The molecule has 0 heterocycles. The molecule has 1 aromatic carbocycles. The van der Waals surface area contributed by atoms with Crippen molar-refractivity contribution < 1.29 is 4.74 Å². The van der Waals surface area contributed by atoms with Crippen molar-refractivity contribution in [3.63, 3.8) is 0 Å². The third-order valence-corrected chi connectivity index (χ3v) is 4.39. The number of benzene rings is 1. The molecule has 0 radical (unpaired) electrons. The summed E-state index contributed by atoms with van der Waals surface area (Å²) in [5.74, 6) is 2.44. The molecule has 3 atom stereocenters. The van der Waals surface area contributed by atoms with Crippen LogP contribution in [0.5, 0.6) is 5.75 Å². The van der Waals surface area contributed by atoms with Crippen LogP contribution in [-0.2, 0) is 0 Å². The number of halogens is 1. The molecule has 0 bridgehead atoms. The van der Waals surface area contributed by atoms with Crippen molar-refractivity contribution in [1.82, 2.24) is 0 Å². The lowest BCUT2D eigenvalue weighted by atomic mass is 9.82. The van der Waals surface area contributed by atoms with Crippen molar-refractivity contribution in [2.75, 3.05) is 0 Å². The Bertz CT molecular complexity index is 423. The minimum absolute atomic E-state index is 0.00142. The zero-order valence-corrected chi connectivity index (χ0v) is 13.6. The fraction of sp³-hybridized carbons (Fsp3) is 0.625. The van der Waals surface area contributed by atoms with Crippen molar-refractivity contribution in [1.29, 1.82) is 0 Å². The number of ether oxygens (including phenoxy) is 1. The lowest BCUT2D eigenvalue weighted by Gasteiger charge is -2.32. The normalized spacial score (nSPS) is 29.0. The highest BCUT2D eigenvalue weighted by Gasteiger charge is 2.26. The van der Waals surface area contributed by atoms with E-state index in [1.807, 2.05) is 19.1 Å². The summed E-state index contributed by atoms with van der Waals surface area (Å²) in [7, 11) is 0. The minimum atomic E-state index is 0.00142. The summed E-state index contributed by atoms with van der Waals surface area (Å²) >= 11 is 3.51. The number of hydrogen-bond acceptors (Lipinski definition) is 2. The van der Waals surface area contributed by atoms with Gasteiger partial charge in [0.05, 0.1) is 6.10 Å². The summed E-state index contributed by atoms with van der Waals surface area (Å²) in [4.78, 5) is 0. The molecule has 0 aliphatic heterocycles. The Balaban J connectivity index is 2.15. The molecule has 0 aromatic heterocycles. The molecule has 3 unspecified atom stereocenters. The molecule has 2 rings (SSSR count). The molecule has 1 fully saturated rings. The highest BCUT2D eigenvalue weighted by Crippen LogP contribution is 2.34. The molecule has 1 aromatic rings. The molecule has 106 valence electrons. The van der Waals surface area contributed by atoms with Gasteiger partial charge in [0.2, 0.25) is 0 Å². The fourth-order valence-corrected chi connectivity index (χ4v) is 3.48. The van der Waals surface area contributed by atoms with E-state index in [0.29, 0.717) is 6.10 Å². The van der Waals surface area contributed by atoms with Crippen LogP contribution in [0.2, 0.25) is 0 Å². The van der Waals surface area contributed by atoms with E-state index in [9.17, 15) is 0 Å². The van der Waals surface area contributed by atoms with Crippen LogP contribution in [0, 0.1) is 11.8 Å². The van der Waals surface area contributed by atoms with Crippen molar-refractivity contribution >= 4 is 15.9 Å². The zero-order valence-electron chi connectivity index (χ0n) is 12.0. The van der Waals surface area contributed by atoms with Gasteiger partial charge >= 0.3 is 0 Å². The topological polar surface area (TPSA) is 35.2 Å². The number of hydrogen-bond donors (Lipinski definition) is 1. The molecule has 1 aliphatic rings. The molecule has 0 saturated heterocycles. The Morgan fingerprint density at radius 2 is 1.84 bits per heavy atom. The van der Waals surface area contributed by atoms with Crippen LogP contribution in [0.1, 0.15) is 51.6 Å². The average Bonchev–Trinajstić information content (AvgIpc) is 2.26. The predicted molar refractivity (Wildman–Crippen MR) is 83.3 cm³/mol. The summed E-state index contributed by atoms with van der Waals surface area (Å²) in [6, 6.07) is 6.13. The maximum Gasteiger partial charge on any atom is 0.125 e. The molecule has 19 heavy (non-hydrogen) atoms. The van der Waals surface area contributed by atoms with Gasteiger partial charge in [-0.15, -0.1) is 0 Å². The van der Waals surface area contributed by atoms with Crippen molar-refractivity contribution in [3.8, 4) is 5.75 Å². The van der Waals surface area contributed by atoms with Crippen molar-refractivity contribution in [2.45, 2.75) is 52.2 Å². The van der Waals surface area contributed by atoms with Crippen LogP contribution in [-0.4, -0.2) is 6.10 Å². The lowest BCUT2D eigenvalue weighted by molar-refractivity contribution is 0.0997. The number of rotatable bonds is 3. The second-order valence-corrected chi connectivity index (χ2v) is 7.04. The van der Waals surface area contributed by atoms with Crippen LogP contribution in [0.3, 0.4) is 0 Å². The molecule has 3 heteroatoms. The van der Waals surface area contributed by atoms with E-state index in [2.05, 4.69) is 35.8 Å². The van der Waals surface area contributed by atoms with Gasteiger partial charge in [-0.05, 0) is 50.2 Å². The zero-order chi connectivity index (χ0) is 14.0. The Hall–Kier alpha value is -0.540. The monoisotopic (exact) mass is 325 g/mol. The SMILES string of the molecule is CC1CC(C)CC(Oc2cc(Br)ccc2C(C)N)C1. The van der Waals surface area contributed by atoms with Crippen LogP contribution in [0.25, 0.3) is 0 Å². The second-order valence-electron chi connectivity index (χ2n) is 6.13. The Labute approximate surface area is 124 Å². The summed E-state index contributed by atoms with van der Waals surface area (Å²) in [5.41, 5.74) is 7.12. The largest absolute Gasteiger partial charge is 0.490 e. The van der Waals surface area contributed by atoms with Gasteiger partial charge < -0.3 is 10.5 Å². The molecular weight excluding hydrogens is 302 g/mol. The van der Waals surface area contributed by atoms with Crippen LogP contribution < -0.4 is 10.5 Å². The smallest absolute Gasteiger partial charge is 0.125 e. The Morgan fingerprint density at radius 1 is 1.21 bits per heavy atom. The first-order valence-corrected chi connectivity index (χ1v) is 7.96. The molecule has 0 spiro atoms. The maximum atomic E-state index is 6.26. The first kappa shape index (κ1) is 14.9. The predicted octanol–water partition coefficient (Wildman–Crippen LogP) is 4.67. The quantitative estimate of drug-likeness (QED) is 0.876. The van der Waals surface area contributed by atoms with E-state index in [0.717, 1.165) is 40.5 Å². The van der Waals surface area contributed by atoms with Gasteiger partial charge in [-0.2, -0.15) is 0 Å². The second kappa shape index (κ2) is 6.27. The standard InChI is InChI=1S/C16H24BrNO/c1-10-6-11(2)8-14(7-10)19-16-9-13(17)4-5-15(16)12(3)18/h4-5,9-12,14H,6-8,18H2,1-3H3. The molecule has 1 saturated carbocycles. The van der Waals surface area contributed by atoms with Gasteiger partial charge in [0.25, 0.3) is 0 Å². The maximum absolute atomic E-state index is 6.26. The van der Waals surface area contributed by atoms with E-state index in [-0.39, 0.29) is 6.04 Å². The van der Waals surface area contributed by atoms with Crippen molar-refractivity contribution in [3.05, 3.63) is 28.2 Å². The van der Waals surface area contributed by atoms with E-state index in [1.165, 1.54) is 6.42 Å².